The molecule has 0 saturated heterocycles. The molecule has 0 rings (SSSR count). The third-order valence-electron chi connectivity index (χ3n) is 0.0487. The van der Waals surface area contributed by atoms with Crippen LogP contribution in [0.25, 0.3) is 0 Å². The van der Waals surface area contributed by atoms with Gasteiger partial charge in [-0.25, -0.2) is 0 Å². The van der Waals surface area contributed by atoms with Crippen LogP contribution in [0.1, 0.15) is 0 Å². The summed E-state index contributed by atoms with van der Waals surface area (Å²) in [6.45, 7) is 0. The monoisotopic (exact) mass is 143 g/mol. The van der Waals surface area contributed by atoms with E-state index in [0.29, 0.717) is 14.0 Å². The molecule has 35 valence electrons. The number of carbonyl (C=O) groups is 1. The van der Waals surface area contributed by atoms with E-state index in [1.54, 1.807) is 0 Å². The molecule has 1 N–H and O–H groups in total. The Balaban J connectivity index is 2.85. The molecule has 0 atom stereocenters. The Kier molecular flexibility index (Phi) is 2.65. The van der Waals surface area contributed by atoms with Crippen molar-refractivity contribution in [1.29, 1.82) is 0 Å². The van der Waals surface area contributed by atoms with E-state index in [9.17, 15) is 4.79 Å². The molecule has 0 aromatic carbocycles. The predicted octanol–water partition coefficient (Wildman–Crippen LogP) is 0.901. The molecular weight excluding hydrogens is 143 g/mol. The number of carboxylic acid groups (broad SMARTS) is 1. The van der Waals surface area contributed by atoms with Crippen molar-refractivity contribution in [3.05, 3.63) is 0 Å². The van der Waals surface area contributed by atoms with E-state index in [-0.39, 0.29) is 0 Å². The second kappa shape index (κ2) is 2.51. The summed E-state index contributed by atoms with van der Waals surface area (Å²) >= 11 is 0.340. The van der Waals surface area contributed by atoms with E-state index in [4.69, 9.17) is 5.11 Å². The Hall–Kier alpha value is 0.279. The standard InChI is InChI=1S/CHO2.ClH.Cu/c2-1-3;;/h(H,2,3);1H;/q;;+1/p-1. The molecular formula is CHClCuO2. The van der Waals surface area contributed by atoms with Crippen molar-refractivity contribution in [3.8, 4) is 0 Å². The van der Waals surface area contributed by atoms with Crippen molar-refractivity contribution >= 4 is 15.0 Å². The van der Waals surface area contributed by atoms with Gasteiger partial charge in [0.05, 0.1) is 0 Å². The first-order chi connectivity index (χ1) is 2.27. The van der Waals surface area contributed by atoms with Crippen LogP contribution < -0.4 is 0 Å². The summed E-state index contributed by atoms with van der Waals surface area (Å²) in [5.41, 5.74) is 0. The summed E-state index contributed by atoms with van der Waals surface area (Å²) in [5.74, 6) is 0. The molecule has 0 spiro atoms. The Morgan fingerprint density at radius 2 is 2.20 bits per heavy atom. The number of hydrogen-bond donors (Lipinski definition) is 1. The average molecular weight is 144 g/mol. The fourth-order valence-corrected chi connectivity index (χ4v) is 0. The van der Waals surface area contributed by atoms with E-state index >= 15 is 0 Å². The van der Waals surface area contributed by atoms with Crippen molar-refractivity contribution in [3.63, 3.8) is 0 Å². The number of hydrogen-bond acceptors (Lipinski definition) is 1. The molecule has 0 bridgehead atoms. The molecule has 0 unspecified atom stereocenters. The molecule has 0 radical (unpaired) electrons. The summed E-state index contributed by atoms with van der Waals surface area (Å²) in [5, 5.41) is 7.55. The van der Waals surface area contributed by atoms with Gasteiger partial charge in [-0.1, -0.05) is 0 Å². The van der Waals surface area contributed by atoms with Gasteiger partial charge < -0.3 is 0 Å². The molecule has 0 aliphatic rings. The topological polar surface area (TPSA) is 37.3 Å². The molecule has 0 amide bonds. The minimum atomic E-state index is -1.07. The van der Waals surface area contributed by atoms with Gasteiger partial charge in [0.1, 0.15) is 0 Å². The van der Waals surface area contributed by atoms with Crippen molar-refractivity contribution in [2.24, 2.45) is 0 Å². The van der Waals surface area contributed by atoms with Crippen LogP contribution in [-0.2, 0) is 14.0 Å². The van der Waals surface area contributed by atoms with Gasteiger partial charge in [-0.15, -0.1) is 0 Å². The van der Waals surface area contributed by atoms with Gasteiger partial charge in [0.25, 0.3) is 0 Å². The Labute approximate surface area is 39.5 Å². The van der Waals surface area contributed by atoms with Crippen LogP contribution in [0.5, 0.6) is 0 Å². The molecule has 5 heavy (non-hydrogen) atoms. The summed E-state index contributed by atoms with van der Waals surface area (Å²) in [4.78, 5) is 8.12. The van der Waals surface area contributed by atoms with Crippen LogP contribution in [-0.4, -0.2) is 9.97 Å². The van der Waals surface area contributed by atoms with Gasteiger partial charge in [-0.3, -0.25) is 0 Å². The van der Waals surface area contributed by atoms with E-state index < -0.39 is 4.87 Å². The maximum absolute atomic E-state index is 9.19. The average Bonchev–Trinajstić information content (AvgIpc) is 1.38. The first-order valence-corrected chi connectivity index (χ1v) is 2.46. The molecule has 2 nitrogen and oxygen atoms in total. The molecule has 0 aromatic rings. The van der Waals surface area contributed by atoms with Crippen LogP contribution in [0.3, 0.4) is 0 Å². The zero-order valence-electron chi connectivity index (χ0n) is 2.03. The first kappa shape index (κ1) is 5.28. The maximum atomic E-state index is 9.19. The molecule has 0 saturated carbocycles. The van der Waals surface area contributed by atoms with Gasteiger partial charge in [-0.05, 0) is 0 Å². The summed E-state index contributed by atoms with van der Waals surface area (Å²) in [6.07, 6.45) is 0. The third-order valence-corrected chi connectivity index (χ3v) is 0.603. The third kappa shape index (κ3) is 4.28. The zero-order chi connectivity index (χ0) is 4.28. The van der Waals surface area contributed by atoms with Crippen LogP contribution >= 0.6 is 10.1 Å². The van der Waals surface area contributed by atoms with Crippen LogP contribution in [0.15, 0.2) is 0 Å². The summed E-state index contributed by atoms with van der Waals surface area (Å²) in [7, 11) is 4.64. The molecule has 0 aliphatic carbocycles. The summed E-state index contributed by atoms with van der Waals surface area (Å²) in [6, 6.07) is 0. The van der Waals surface area contributed by atoms with Crippen LogP contribution in [0, 0.1) is 0 Å². The van der Waals surface area contributed by atoms with Gasteiger partial charge in [0.2, 0.25) is 0 Å². The second-order valence-corrected chi connectivity index (χ2v) is 1.33. The van der Waals surface area contributed by atoms with Gasteiger partial charge >= 0.3 is 38.9 Å². The fourth-order valence-electron chi connectivity index (χ4n) is 0. The molecule has 0 heterocycles. The molecule has 0 aliphatic heterocycles. The van der Waals surface area contributed by atoms with E-state index in [2.05, 4.69) is 10.1 Å². The normalized spacial score (nSPS) is 8.20. The Bertz CT molecular complexity index is 44.9. The molecule has 4 heteroatoms. The van der Waals surface area contributed by atoms with Crippen LogP contribution in [0.4, 0.5) is 4.79 Å². The quantitative estimate of drug-likeness (QED) is 0.555. The van der Waals surface area contributed by atoms with Crippen molar-refractivity contribution in [2.45, 2.75) is 0 Å². The minimum absolute atomic E-state index is 0.340. The van der Waals surface area contributed by atoms with Crippen molar-refractivity contribution < 1.29 is 23.9 Å². The van der Waals surface area contributed by atoms with Crippen LogP contribution in [0.2, 0.25) is 0 Å². The second-order valence-electron chi connectivity index (χ2n) is 0.277. The SMILES string of the molecule is O=[C](O)[Cu][Cl]. The van der Waals surface area contributed by atoms with Crippen molar-refractivity contribution in [1.82, 2.24) is 0 Å². The molecule has 0 fully saturated rings. The first-order valence-electron chi connectivity index (χ1n) is 0.692. The number of halogens is 1. The number of rotatable bonds is 1. The fraction of sp³-hybridized carbons (Fsp3) is 0. The predicted molar refractivity (Wildman–Crippen MR) is 13.9 cm³/mol. The van der Waals surface area contributed by atoms with Crippen molar-refractivity contribution in [2.75, 3.05) is 0 Å². The van der Waals surface area contributed by atoms with E-state index in [1.807, 2.05) is 0 Å². The Morgan fingerprint density at radius 3 is 2.20 bits per heavy atom. The van der Waals surface area contributed by atoms with Gasteiger partial charge in [0.15, 0.2) is 0 Å². The zero-order valence-corrected chi connectivity index (χ0v) is 3.73. The van der Waals surface area contributed by atoms with E-state index in [0.717, 1.165) is 0 Å². The summed E-state index contributed by atoms with van der Waals surface area (Å²) < 4.78 is 0. The molecule has 0 aromatic heterocycles. The van der Waals surface area contributed by atoms with Gasteiger partial charge in [0, 0.05) is 0 Å². The Morgan fingerprint density at radius 1 is 2.00 bits per heavy atom. The van der Waals surface area contributed by atoms with E-state index in [1.165, 1.54) is 0 Å². The van der Waals surface area contributed by atoms with Gasteiger partial charge in [-0.2, -0.15) is 0 Å².